The highest BCUT2D eigenvalue weighted by atomic mass is 35.5. The fourth-order valence-electron chi connectivity index (χ4n) is 1.80. The second-order valence-electron chi connectivity index (χ2n) is 4.92. The van der Waals surface area contributed by atoms with Crippen molar-refractivity contribution >= 4 is 33.6 Å². The molecule has 1 aromatic heterocycles. The van der Waals surface area contributed by atoms with E-state index in [-0.39, 0.29) is 5.57 Å². The fraction of sp³-hybridized carbons (Fsp3) is 0.133. The van der Waals surface area contributed by atoms with Gasteiger partial charge in [-0.3, -0.25) is 4.79 Å². The molecule has 0 aliphatic rings. The van der Waals surface area contributed by atoms with Crippen molar-refractivity contribution in [1.29, 1.82) is 0 Å². The normalized spacial score (nSPS) is 12.9. The molecule has 1 amide bonds. The smallest absolute Gasteiger partial charge is 0.417 e. The monoisotopic (exact) mass is 393 g/mol. The van der Waals surface area contributed by atoms with Crippen LogP contribution in [0.5, 0.6) is 0 Å². The Morgan fingerprint density at radius 1 is 1.28 bits per heavy atom. The molecule has 0 aliphatic heterocycles. The van der Waals surface area contributed by atoms with E-state index in [0.717, 1.165) is 12.1 Å². The minimum atomic E-state index is -4.83. The van der Waals surface area contributed by atoms with Crippen molar-refractivity contribution in [3.8, 4) is 0 Å². The lowest BCUT2D eigenvalue weighted by molar-refractivity contribution is -0.137. The van der Waals surface area contributed by atoms with Crippen LogP contribution in [0.1, 0.15) is 18.2 Å². The van der Waals surface area contributed by atoms with Gasteiger partial charge in [0.2, 0.25) is 0 Å². The summed E-state index contributed by atoms with van der Waals surface area (Å²) >= 11 is 5.44. The van der Waals surface area contributed by atoms with Crippen LogP contribution >= 0.6 is 11.6 Å². The van der Waals surface area contributed by atoms with Crippen molar-refractivity contribution in [2.75, 3.05) is 0 Å². The van der Waals surface area contributed by atoms with E-state index in [1.54, 1.807) is 16.9 Å². The van der Waals surface area contributed by atoms with Crippen LogP contribution in [0.2, 0.25) is 5.02 Å². The minimum Gasteiger partial charge on any atom is -0.465 e. The van der Waals surface area contributed by atoms with E-state index in [0.29, 0.717) is 11.8 Å². The van der Waals surface area contributed by atoms with Crippen LogP contribution in [0, 0.1) is 0 Å². The van der Waals surface area contributed by atoms with Gasteiger partial charge in [-0.2, -0.15) is 13.2 Å². The molecule has 0 bridgehead atoms. The average molecular weight is 394 g/mol. The molecule has 0 radical (unpaired) electrons. The summed E-state index contributed by atoms with van der Waals surface area (Å²) < 4.78 is 69.5. The lowest BCUT2D eigenvalue weighted by atomic mass is 10.2. The second-order valence-corrected chi connectivity index (χ2v) is 7.01. The summed E-state index contributed by atoms with van der Waals surface area (Å²) in [7, 11) is -4.51. The van der Waals surface area contributed by atoms with Crippen molar-refractivity contribution < 1.29 is 30.8 Å². The lowest BCUT2D eigenvalue weighted by Gasteiger charge is -2.12. The van der Waals surface area contributed by atoms with Gasteiger partial charge in [-0.15, -0.1) is 0 Å². The van der Waals surface area contributed by atoms with Gasteiger partial charge in [0, 0.05) is 5.57 Å². The van der Waals surface area contributed by atoms with Crippen molar-refractivity contribution in [1.82, 2.24) is 4.72 Å². The van der Waals surface area contributed by atoms with E-state index in [4.69, 9.17) is 16.0 Å². The number of carbonyl (C=O) groups is 1. The van der Waals surface area contributed by atoms with Gasteiger partial charge in [0.25, 0.3) is 15.9 Å². The Balaban J connectivity index is 2.29. The topological polar surface area (TPSA) is 76.4 Å². The highest BCUT2D eigenvalue weighted by Gasteiger charge is 2.34. The maximum absolute atomic E-state index is 12.8. The molecule has 0 spiro atoms. The van der Waals surface area contributed by atoms with Gasteiger partial charge in [0.1, 0.15) is 5.76 Å². The SMILES string of the molecule is C/C(=C\c1ccco1)C(=O)NS(=O)(=O)c1ccc(Cl)c(C(F)(F)F)c1. The summed E-state index contributed by atoms with van der Waals surface area (Å²) in [6.07, 6.45) is -2.18. The predicted octanol–water partition coefficient (Wildman–Crippen LogP) is 3.86. The number of carbonyl (C=O) groups excluding carboxylic acids is 1. The number of benzene rings is 1. The van der Waals surface area contributed by atoms with E-state index in [9.17, 15) is 26.4 Å². The third-order valence-corrected chi connectivity index (χ3v) is 4.70. The summed E-state index contributed by atoms with van der Waals surface area (Å²) in [5.74, 6) is -0.684. The Labute approximate surface area is 146 Å². The van der Waals surface area contributed by atoms with Crippen molar-refractivity contribution in [2.24, 2.45) is 0 Å². The first-order valence-electron chi connectivity index (χ1n) is 6.66. The molecule has 0 saturated heterocycles. The molecule has 2 aromatic rings. The summed E-state index contributed by atoms with van der Waals surface area (Å²) in [6.45, 7) is 1.33. The van der Waals surface area contributed by atoms with Gasteiger partial charge in [-0.05, 0) is 43.3 Å². The van der Waals surface area contributed by atoms with E-state index in [1.807, 2.05) is 0 Å². The number of alkyl halides is 3. The lowest BCUT2D eigenvalue weighted by Crippen LogP contribution is -2.31. The van der Waals surface area contributed by atoms with Gasteiger partial charge in [0.15, 0.2) is 0 Å². The van der Waals surface area contributed by atoms with Gasteiger partial charge in [0.05, 0.1) is 21.7 Å². The molecule has 1 aromatic carbocycles. The third kappa shape index (κ3) is 4.64. The molecule has 134 valence electrons. The zero-order valence-corrected chi connectivity index (χ0v) is 14.2. The van der Waals surface area contributed by atoms with Crippen LogP contribution in [-0.2, 0) is 21.0 Å². The van der Waals surface area contributed by atoms with E-state index in [2.05, 4.69) is 0 Å². The molecular weight excluding hydrogens is 383 g/mol. The molecule has 2 rings (SSSR count). The second kappa shape index (κ2) is 6.93. The van der Waals surface area contributed by atoms with Crippen LogP contribution in [-0.4, -0.2) is 14.3 Å². The first-order valence-corrected chi connectivity index (χ1v) is 8.52. The Kier molecular flexibility index (Phi) is 5.28. The molecule has 0 saturated carbocycles. The fourth-order valence-corrected chi connectivity index (χ4v) is 3.07. The Morgan fingerprint density at radius 3 is 2.52 bits per heavy atom. The zero-order chi connectivity index (χ0) is 18.8. The van der Waals surface area contributed by atoms with E-state index >= 15 is 0 Å². The number of hydrogen-bond donors (Lipinski definition) is 1. The Bertz CT molecular complexity index is 919. The molecule has 0 atom stereocenters. The number of furan rings is 1. The highest BCUT2D eigenvalue weighted by Crippen LogP contribution is 2.35. The van der Waals surface area contributed by atoms with Gasteiger partial charge in [-0.25, -0.2) is 13.1 Å². The standard InChI is InChI=1S/C15H11ClF3NO4S/c1-9(7-10-3-2-6-24-10)14(21)20-25(22,23)11-4-5-13(16)12(8-11)15(17,18)19/h2-8H,1H3,(H,20,21)/b9-7+. The highest BCUT2D eigenvalue weighted by molar-refractivity contribution is 7.90. The summed E-state index contributed by atoms with van der Waals surface area (Å²) in [5.41, 5.74) is -1.32. The molecule has 0 aliphatic carbocycles. The summed E-state index contributed by atoms with van der Waals surface area (Å²) in [6, 6.07) is 5.15. The molecule has 1 heterocycles. The largest absolute Gasteiger partial charge is 0.465 e. The van der Waals surface area contributed by atoms with Crippen LogP contribution in [0.3, 0.4) is 0 Å². The van der Waals surface area contributed by atoms with Gasteiger partial charge in [-0.1, -0.05) is 11.6 Å². The van der Waals surface area contributed by atoms with E-state index in [1.165, 1.54) is 19.3 Å². The van der Waals surface area contributed by atoms with Gasteiger partial charge < -0.3 is 4.42 Å². The van der Waals surface area contributed by atoms with Crippen LogP contribution in [0.15, 0.2) is 51.5 Å². The van der Waals surface area contributed by atoms with Crippen molar-refractivity contribution in [3.63, 3.8) is 0 Å². The van der Waals surface area contributed by atoms with Gasteiger partial charge >= 0.3 is 6.18 Å². The van der Waals surface area contributed by atoms with Crippen molar-refractivity contribution in [2.45, 2.75) is 18.0 Å². The molecular formula is C15H11ClF3NO4S. The van der Waals surface area contributed by atoms with Crippen molar-refractivity contribution in [3.05, 3.63) is 58.5 Å². The van der Waals surface area contributed by atoms with E-state index < -0.39 is 37.6 Å². The molecule has 25 heavy (non-hydrogen) atoms. The molecule has 10 heteroatoms. The number of nitrogens with one attached hydrogen (secondary N) is 1. The summed E-state index contributed by atoms with van der Waals surface area (Å²) in [5, 5.41) is -0.647. The number of amides is 1. The Morgan fingerprint density at radius 2 is 1.96 bits per heavy atom. The first kappa shape index (κ1) is 19.1. The average Bonchev–Trinajstić information content (AvgIpc) is 2.98. The minimum absolute atomic E-state index is 0.0106. The predicted molar refractivity (Wildman–Crippen MR) is 84.1 cm³/mol. The Hall–Kier alpha value is -2.26. The van der Waals surface area contributed by atoms with Crippen LogP contribution in [0.4, 0.5) is 13.2 Å². The summed E-state index contributed by atoms with van der Waals surface area (Å²) in [4.78, 5) is 11.2. The molecule has 1 N–H and O–H groups in total. The third-order valence-electron chi connectivity index (χ3n) is 3.04. The number of rotatable bonds is 4. The molecule has 0 fully saturated rings. The quantitative estimate of drug-likeness (QED) is 0.800. The maximum Gasteiger partial charge on any atom is 0.417 e. The number of sulfonamides is 1. The molecule has 5 nitrogen and oxygen atoms in total. The number of hydrogen-bond acceptors (Lipinski definition) is 4. The first-order chi connectivity index (χ1) is 11.5. The molecule has 0 unspecified atom stereocenters. The number of halogens is 4. The maximum atomic E-state index is 12.8. The van der Waals surface area contributed by atoms with Crippen LogP contribution in [0.25, 0.3) is 6.08 Å². The van der Waals surface area contributed by atoms with Crippen LogP contribution < -0.4 is 4.72 Å². The zero-order valence-electron chi connectivity index (χ0n) is 12.6.